The van der Waals surface area contributed by atoms with E-state index in [1.165, 1.54) is 11.3 Å². The summed E-state index contributed by atoms with van der Waals surface area (Å²) >= 11 is 1.45. The fraction of sp³-hybridized carbons (Fsp3) is 0.308. The first-order chi connectivity index (χ1) is 17.6. The first-order valence-corrected chi connectivity index (χ1v) is 12.6. The van der Waals surface area contributed by atoms with Gasteiger partial charge in [0.25, 0.3) is 5.91 Å². The highest BCUT2D eigenvalue weighted by atomic mass is 32.1. The van der Waals surface area contributed by atoms with Crippen LogP contribution in [-0.2, 0) is 11.2 Å². The number of fused-ring (bicyclic) bond motifs is 1. The van der Waals surface area contributed by atoms with Crippen LogP contribution in [-0.4, -0.2) is 67.9 Å². The number of nitrogens with one attached hydrogen (secondary N) is 1. The Balaban J connectivity index is 1.33. The molecule has 36 heavy (non-hydrogen) atoms. The van der Waals surface area contributed by atoms with Crippen molar-refractivity contribution >= 4 is 44.1 Å². The smallest absolute Gasteiger partial charge is 0.257 e. The molecule has 1 aliphatic heterocycles. The summed E-state index contributed by atoms with van der Waals surface area (Å²) in [5, 5.41) is 3.49. The Bertz CT molecular complexity index is 1340. The summed E-state index contributed by atoms with van der Waals surface area (Å²) in [6.07, 6.45) is 4.23. The molecule has 1 amide bonds. The number of ether oxygens (including phenoxy) is 2. The van der Waals surface area contributed by atoms with Crippen LogP contribution in [0.15, 0.2) is 54.9 Å². The minimum absolute atomic E-state index is 0.234. The summed E-state index contributed by atoms with van der Waals surface area (Å²) in [6, 6.07) is 13.4. The number of hydrogen-bond donors (Lipinski definition) is 1. The number of benzene rings is 1. The predicted octanol–water partition coefficient (Wildman–Crippen LogP) is 3.86. The van der Waals surface area contributed by atoms with Gasteiger partial charge in [-0.15, -0.1) is 0 Å². The molecule has 0 bridgehead atoms. The first kappa shape index (κ1) is 24.0. The second-order valence-corrected chi connectivity index (χ2v) is 9.43. The van der Waals surface area contributed by atoms with E-state index in [9.17, 15) is 4.79 Å². The van der Waals surface area contributed by atoms with E-state index in [0.717, 1.165) is 53.5 Å². The van der Waals surface area contributed by atoms with E-state index in [4.69, 9.17) is 14.5 Å². The van der Waals surface area contributed by atoms with Gasteiger partial charge in [-0.05, 0) is 36.4 Å². The number of anilines is 3. The number of methoxy groups -OCH3 is 1. The lowest BCUT2D eigenvalue weighted by molar-refractivity contribution is 0.102. The van der Waals surface area contributed by atoms with E-state index in [-0.39, 0.29) is 5.91 Å². The van der Waals surface area contributed by atoms with Gasteiger partial charge >= 0.3 is 0 Å². The molecule has 0 saturated carbocycles. The molecule has 0 spiro atoms. The predicted molar refractivity (Wildman–Crippen MR) is 143 cm³/mol. The third-order valence-corrected chi connectivity index (χ3v) is 7.10. The van der Waals surface area contributed by atoms with Gasteiger partial charge in [0.05, 0.1) is 30.7 Å². The monoisotopic (exact) mass is 504 g/mol. The van der Waals surface area contributed by atoms with Crippen LogP contribution >= 0.6 is 11.3 Å². The van der Waals surface area contributed by atoms with Crippen molar-refractivity contribution in [3.05, 3.63) is 66.1 Å². The highest BCUT2D eigenvalue weighted by Gasteiger charge is 2.20. The number of carbonyl (C=O) groups excluding carboxylic acids is 1. The highest BCUT2D eigenvalue weighted by molar-refractivity contribution is 7.23. The van der Waals surface area contributed by atoms with E-state index in [1.54, 1.807) is 31.6 Å². The van der Waals surface area contributed by atoms with Crippen molar-refractivity contribution in [1.82, 2.24) is 15.0 Å². The van der Waals surface area contributed by atoms with Gasteiger partial charge in [0, 0.05) is 56.8 Å². The molecule has 10 heteroatoms. The number of hydrogen-bond acceptors (Lipinski definition) is 9. The molecule has 186 valence electrons. The quantitative estimate of drug-likeness (QED) is 0.387. The summed E-state index contributed by atoms with van der Waals surface area (Å²) in [5.41, 5.74) is 3.35. The molecule has 5 rings (SSSR count). The lowest BCUT2D eigenvalue weighted by Crippen LogP contribution is -2.36. The minimum atomic E-state index is -0.234. The Morgan fingerprint density at radius 2 is 2.03 bits per heavy atom. The molecule has 0 radical (unpaired) electrons. The number of aromatic nitrogens is 3. The van der Waals surface area contributed by atoms with Gasteiger partial charge in [0.2, 0.25) is 0 Å². The molecule has 0 aliphatic carbocycles. The second kappa shape index (κ2) is 10.9. The van der Waals surface area contributed by atoms with Crippen LogP contribution in [0.4, 0.5) is 16.6 Å². The number of rotatable bonds is 8. The van der Waals surface area contributed by atoms with Crippen molar-refractivity contribution in [1.29, 1.82) is 0 Å². The summed E-state index contributed by atoms with van der Waals surface area (Å²) in [6.45, 7) is 3.74. The van der Waals surface area contributed by atoms with Gasteiger partial charge in [0.15, 0.2) is 5.13 Å². The van der Waals surface area contributed by atoms with Crippen molar-refractivity contribution < 1.29 is 14.3 Å². The summed E-state index contributed by atoms with van der Waals surface area (Å²) < 4.78 is 12.0. The molecule has 1 N–H and O–H groups in total. The van der Waals surface area contributed by atoms with Gasteiger partial charge in [-0.25, -0.2) is 9.97 Å². The number of carbonyl (C=O) groups is 1. The first-order valence-electron chi connectivity index (χ1n) is 11.8. The maximum atomic E-state index is 13.1. The zero-order valence-electron chi connectivity index (χ0n) is 20.3. The Morgan fingerprint density at radius 1 is 1.17 bits per heavy atom. The van der Waals surface area contributed by atoms with Crippen LogP contribution in [0.5, 0.6) is 5.75 Å². The molecule has 3 aromatic heterocycles. The number of amides is 1. The Hall–Kier alpha value is -3.76. The van der Waals surface area contributed by atoms with E-state index >= 15 is 0 Å². The Morgan fingerprint density at radius 3 is 2.81 bits per heavy atom. The average Bonchev–Trinajstić information content (AvgIpc) is 3.36. The maximum Gasteiger partial charge on any atom is 0.257 e. The van der Waals surface area contributed by atoms with Crippen LogP contribution in [0.25, 0.3) is 10.2 Å². The molecule has 1 aromatic carbocycles. The lowest BCUT2D eigenvalue weighted by Gasteiger charge is -2.29. The van der Waals surface area contributed by atoms with Crippen molar-refractivity contribution in [2.75, 3.05) is 62.1 Å². The van der Waals surface area contributed by atoms with Crippen LogP contribution in [0.3, 0.4) is 0 Å². The van der Waals surface area contributed by atoms with E-state index in [1.807, 2.05) is 42.3 Å². The molecule has 0 unspecified atom stereocenters. The van der Waals surface area contributed by atoms with E-state index < -0.39 is 0 Å². The summed E-state index contributed by atoms with van der Waals surface area (Å²) in [7, 11) is 3.59. The zero-order chi connectivity index (χ0) is 24.9. The topological polar surface area (TPSA) is 92.7 Å². The lowest BCUT2D eigenvalue weighted by atomic mass is 10.2. The molecule has 1 aliphatic rings. The zero-order valence-corrected chi connectivity index (χ0v) is 21.1. The fourth-order valence-electron chi connectivity index (χ4n) is 4.12. The van der Waals surface area contributed by atoms with Crippen LogP contribution in [0.1, 0.15) is 16.1 Å². The van der Waals surface area contributed by atoms with Crippen molar-refractivity contribution in [3.63, 3.8) is 0 Å². The van der Waals surface area contributed by atoms with Crippen LogP contribution in [0, 0.1) is 0 Å². The van der Waals surface area contributed by atoms with Gasteiger partial charge in [-0.3, -0.25) is 15.1 Å². The third-order valence-electron chi connectivity index (χ3n) is 6.11. The molecular weight excluding hydrogens is 476 g/mol. The molecule has 9 nitrogen and oxygen atoms in total. The number of pyridine rings is 2. The molecule has 1 fully saturated rings. The molecule has 4 aromatic rings. The molecule has 4 heterocycles. The molecule has 0 atom stereocenters. The van der Waals surface area contributed by atoms with Crippen molar-refractivity contribution in [3.8, 4) is 5.75 Å². The number of nitrogens with zero attached hydrogens (tertiary/aromatic N) is 5. The maximum absolute atomic E-state index is 13.1. The number of likely N-dealkylation sites (N-methyl/N-ethyl adjacent to an activating group) is 1. The van der Waals surface area contributed by atoms with Gasteiger partial charge in [0.1, 0.15) is 17.1 Å². The molecular formula is C26H28N6O3S. The van der Waals surface area contributed by atoms with Gasteiger partial charge < -0.3 is 19.3 Å². The Labute approximate surface area is 213 Å². The normalized spacial score (nSPS) is 13.6. The van der Waals surface area contributed by atoms with E-state index in [2.05, 4.69) is 20.2 Å². The second-order valence-electron chi connectivity index (χ2n) is 8.43. The van der Waals surface area contributed by atoms with Crippen molar-refractivity contribution in [2.45, 2.75) is 6.42 Å². The SMILES string of the molecule is COc1ccc(N2CCOCC2)c2sc(NC(=O)c3ccnc(N(C)CCc4ccccn4)c3)nc12. The van der Waals surface area contributed by atoms with Crippen LogP contribution in [0.2, 0.25) is 0 Å². The van der Waals surface area contributed by atoms with Gasteiger partial charge in [-0.1, -0.05) is 17.4 Å². The molecule has 1 saturated heterocycles. The summed E-state index contributed by atoms with van der Waals surface area (Å²) in [4.78, 5) is 30.9. The largest absolute Gasteiger partial charge is 0.494 e. The third kappa shape index (κ3) is 5.24. The van der Waals surface area contributed by atoms with Crippen LogP contribution < -0.4 is 19.9 Å². The highest BCUT2D eigenvalue weighted by Crippen LogP contribution is 2.39. The summed E-state index contributed by atoms with van der Waals surface area (Å²) in [5.74, 6) is 1.17. The Kier molecular flexibility index (Phi) is 7.24. The van der Waals surface area contributed by atoms with Crippen molar-refractivity contribution in [2.24, 2.45) is 0 Å². The van der Waals surface area contributed by atoms with Gasteiger partial charge in [-0.2, -0.15) is 0 Å². The number of thiazole rings is 1. The minimum Gasteiger partial charge on any atom is -0.494 e. The average molecular weight is 505 g/mol. The standard InChI is InChI=1S/C26H28N6O3S/c1-31(12-9-19-5-3-4-10-27-19)22-17-18(8-11-28-22)25(33)30-26-29-23-21(34-2)7-6-20(24(23)36-26)32-13-15-35-16-14-32/h3-8,10-11,17H,9,12-16H2,1-2H3,(H,29,30,33). The van der Waals surface area contributed by atoms with E-state index in [0.29, 0.717) is 29.7 Å². The fourth-order valence-corrected chi connectivity index (χ4v) is 5.14. The number of morpholine rings is 1.